The second-order valence-corrected chi connectivity index (χ2v) is 33.2. The van der Waals surface area contributed by atoms with Crippen molar-refractivity contribution in [1.29, 1.82) is 0 Å². The number of hydrogen-bond acceptors (Lipinski definition) is 10. The molecule has 9 nitrogen and oxygen atoms in total. The Kier molecular flexibility index (Phi) is 20.0. The maximum atomic E-state index is 5.22. The molecule has 602 valence electrons. The molecule has 0 fully saturated rings. The monoisotopic (exact) mass is 1660 g/mol. The molecule has 0 aliphatic heterocycles. The van der Waals surface area contributed by atoms with Crippen LogP contribution in [0.25, 0.3) is 242 Å². The molecule has 0 amide bonds. The number of hydrogen-bond donors (Lipinski definition) is 0. The Morgan fingerprint density at radius 1 is 0.155 bits per heavy atom. The Balaban J connectivity index is 0.000000111. The van der Waals surface area contributed by atoms with Crippen molar-refractivity contribution >= 4 is 119 Å². The summed E-state index contributed by atoms with van der Waals surface area (Å²) in [6, 6.07) is 153. The molecule has 10 heteroatoms. The van der Waals surface area contributed by atoms with Gasteiger partial charge in [-0.15, -0.1) is 11.3 Å². The van der Waals surface area contributed by atoms with Crippen LogP contribution in [-0.4, -0.2) is 44.9 Å². The summed E-state index contributed by atoms with van der Waals surface area (Å²) in [6.07, 6.45) is 5.59. The molecule has 0 aliphatic carbocycles. The maximum Gasteiger partial charge on any atom is 0.160 e. The van der Waals surface area contributed by atoms with E-state index in [4.69, 9.17) is 29.9 Å². The van der Waals surface area contributed by atoms with Crippen LogP contribution in [-0.2, 0) is 0 Å². The summed E-state index contributed by atoms with van der Waals surface area (Å²) in [5, 5.41) is 12.7. The van der Waals surface area contributed by atoms with E-state index in [1.54, 1.807) is 11.3 Å². The van der Waals surface area contributed by atoms with E-state index in [1.165, 1.54) is 70.9 Å². The fraction of sp³-hybridized carbons (Fsp3) is 0. The predicted octanol–water partition coefficient (Wildman–Crippen LogP) is 31.2. The van der Waals surface area contributed by atoms with Crippen LogP contribution in [0.1, 0.15) is 0 Å². The van der Waals surface area contributed by atoms with E-state index < -0.39 is 0 Å². The first-order chi connectivity index (χ1) is 63.9. The molecule has 0 atom stereocenters. The Morgan fingerprint density at radius 3 is 0.884 bits per heavy atom. The summed E-state index contributed by atoms with van der Waals surface area (Å²) < 4.78 is 2.33. The largest absolute Gasteiger partial charge is 0.256 e. The molecular formula is C119H75N9S. The van der Waals surface area contributed by atoms with E-state index >= 15 is 0 Å². The molecule has 18 aromatic carbocycles. The molecule has 0 spiro atoms. The molecule has 0 saturated heterocycles. The third-order valence-corrected chi connectivity index (χ3v) is 25.6. The summed E-state index contributed by atoms with van der Waals surface area (Å²) >= 11 is 1.76. The van der Waals surface area contributed by atoms with Crippen LogP contribution < -0.4 is 0 Å². The van der Waals surface area contributed by atoms with E-state index in [0.717, 1.165) is 171 Å². The number of rotatable bonds is 12. The van der Waals surface area contributed by atoms with Gasteiger partial charge in [-0.25, -0.2) is 29.9 Å². The van der Waals surface area contributed by atoms with Gasteiger partial charge in [0.05, 0.1) is 66.1 Å². The average Bonchev–Trinajstić information content (AvgIpc) is 1.69. The zero-order valence-electron chi connectivity index (χ0n) is 69.7. The van der Waals surface area contributed by atoms with E-state index in [-0.39, 0.29) is 0 Å². The standard InChI is InChI=1S/C41H25N3S.2C39H25N3/c1-2-8-26(9-3-1)27-15-19-30(20-16-27)38-40-39(35-11-4-5-14-36(35)45-40)44-41(43-38)31-21-17-28(18-22-31)32-12-6-13-34-33(32)24-23-29-10-7-25-42-37(29)34;1-2-8-26(9-3-1)27-15-19-30(20-16-27)38-39(42-36-14-5-4-13-35(36)41-38)31-21-17-28(18-22-31)32-11-6-12-34-33(32)24-23-29-10-7-25-40-37(29)34;1-2-8-26(9-3-1)27-15-19-30(20-16-27)38-35-11-4-5-14-36(35)41-39(42-38)31-21-17-28(18-22-31)32-12-6-13-34-33(32)24-23-29-10-7-25-40-37(29)34/h1-25H;2*1-25H. The Hall–Kier alpha value is -17.1. The van der Waals surface area contributed by atoms with E-state index in [2.05, 4.69) is 379 Å². The van der Waals surface area contributed by atoms with Crippen LogP contribution in [0.3, 0.4) is 0 Å². The first-order valence-corrected chi connectivity index (χ1v) is 44.1. The molecule has 0 bridgehead atoms. The number of fused-ring (bicyclic) bond motifs is 14. The second-order valence-electron chi connectivity index (χ2n) is 32.2. The fourth-order valence-corrected chi connectivity index (χ4v) is 19.1. The van der Waals surface area contributed by atoms with E-state index in [9.17, 15) is 0 Å². The molecule has 129 heavy (non-hydrogen) atoms. The van der Waals surface area contributed by atoms with Crippen LogP contribution in [0.5, 0.6) is 0 Å². The van der Waals surface area contributed by atoms with Crippen molar-refractivity contribution < 1.29 is 0 Å². The van der Waals surface area contributed by atoms with Gasteiger partial charge in [0.15, 0.2) is 11.6 Å². The SMILES string of the molecule is c1ccc(-c2ccc(-c3nc(-c4ccc(-c5cccc6c5ccc5cccnc56)cc4)nc4c3sc3ccccc34)cc2)cc1.c1ccc(-c2ccc(-c3nc(-c4ccc(-c5cccc6c5ccc5cccnc56)cc4)nc4ccccc34)cc2)cc1.c1ccc(-c2ccc(-c3nc4ccccc4nc3-c3ccc(-c4cccc5c4ccc4cccnc45)cc3)cc2)cc1. The third kappa shape index (κ3) is 14.8. The molecule has 0 radical (unpaired) electrons. The lowest BCUT2D eigenvalue weighted by molar-refractivity contribution is 1.23. The molecule has 7 heterocycles. The summed E-state index contributed by atoms with van der Waals surface area (Å²) in [5.74, 6) is 1.45. The number of pyridine rings is 3. The molecular weight excluding hydrogens is 1590 g/mol. The van der Waals surface area contributed by atoms with Gasteiger partial charge in [-0.2, -0.15) is 0 Å². The lowest BCUT2D eigenvalue weighted by Crippen LogP contribution is -1.95. The van der Waals surface area contributed by atoms with Gasteiger partial charge >= 0.3 is 0 Å². The van der Waals surface area contributed by atoms with E-state index in [1.807, 2.05) is 91.4 Å². The van der Waals surface area contributed by atoms with E-state index in [0.29, 0.717) is 0 Å². The minimum atomic E-state index is 0.718. The molecule has 25 aromatic rings. The number of nitrogens with zero attached hydrogens (tertiary/aromatic N) is 9. The normalized spacial score (nSPS) is 11.4. The van der Waals surface area contributed by atoms with Crippen LogP contribution in [0.4, 0.5) is 0 Å². The third-order valence-electron chi connectivity index (χ3n) is 24.5. The number of thiophene rings is 1. The first kappa shape index (κ1) is 76.8. The highest BCUT2D eigenvalue weighted by molar-refractivity contribution is 7.26. The molecule has 7 aromatic heterocycles. The smallest absolute Gasteiger partial charge is 0.160 e. The number of para-hydroxylation sites is 3. The highest BCUT2D eigenvalue weighted by atomic mass is 32.1. The van der Waals surface area contributed by atoms with Gasteiger partial charge < -0.3 is 0 Å². The minimum absolute atomic E-state index is 0.718. The minimum Gasteiger partial charge on any atom is -0.256 e. The fourth-order valence-electron chi connectivity index (χ4n) is 18.0. The topological polar surface area (TPSA) is 116 Å². The first-order valence-electron chi connectivity index (χ1n) is 43.3. The van der Waals surface area contributed by atoms with Crippen LogP contribution in [0.2, 0.25) is 0 Å². The Labute approximate surface area is 748 Å². The van der Waals surface area contributed by atoms with Crippen molar-refractivity contribution in [1.82, 2.24) is 44.9 Å². The zero-order chi connectivity index (χ0) is 85.5. The molecule has 0 N–H and O–H groups in total. The Morgan fingerprint density at radius 2 is 0.465 bits per heavy atom. The number of benzene rings is 18. The molecule has 25 rings (SSSR count). The van der Waals surface area contributed by atoms with Gasteiger partial charge in [0.2, 0.25) is 0 Å². The van der Waals surface area contributed by atoms with Gasteiger partial charge in [-0.05, 0) is 125 Å². The van der Waals surface area contributed by atoms with Gasteiger partial charge in [0.25, 0.3) is 0 Å². The van der Waals surface area contributed by atoms with Gasteiger partial charge in [-0.3, -0.25) is 15.0 Å². The van der Waals surface area contributed by atoms with Crippen LogP contribution in [0.15, 0.2) is 455 Å². The highest BCUT2D eigenvalue weighted by Crippen LogP contribution is 2.44. The summed E-state index contributed by atoms with van der Waals surface area (Å²) in [5.41, 5.74) is 30.8. The zero-order valence-corrected chi connectivity index (χ0v) is 70.6. The summed E-state index contributed by atoms with van der Waals surface area (Å²) in [6.45, 7) is 0. The quantitative estimate of drug-likeness (QED) is 0.110. The maximum absolute atomic E-state index is 5.22. The molecule has 0 unspecified atom stereocenters. The highest BCUT2D eigenvalue weighted by Gasteiger charge is 2.21. The predicted molar refractivity (Wildman–Crippen MR) is 538 cm³/mol. The summed E-state index contributed by atoms with van der Waals surface area (Å²) in [7, 11) is 0. The van der Waals surface area contributed by atoms with Crippen molar-refractivity contribution in [3.8, 4) is 135 Å². The van der Waals surface area contributed by atoms with Gasteiger partial charge in [0.1, 0.15) is 0 Å². The molecule has 0 saturated carbocycles. The van der Waals surface area contributed by atoms with Gasteiger partial charge in [-0.1, -0.05) is 394 Å². The van der Waals surface area contributed by atoms with Crippen molar-refractivity contribution in [3.05, 3.63) is 455 Å². The summed E-state index contributed by atoms with van der Waals surface area (Å²) in [4.78, 5) is 44.7. The van der Waals surface area contributed by atoms with Crippen LogP contribution in [0, 0.1) is 0 Å². The molecule has 0 aliphatic rings. The van der Waals surface area contributed by atoms with Crippen molar-refractivity contribution in [3.63, 3.8) is 0 Å². The average molecular weight is 1660 g/mol. The Bertz CT molecular complexity index is 8550. The lowest BCUT2D eigenvalue weighted by Gasteiger charge is -2.13. The van der Waals surface area contributed by atoms with Crippen molar-refractivity contribution in [2.75, 3.05) is 0 Å². The second kappa shape index (κ2) is 33.5. The van der Waals surface area contributed by atoms with Crippen molar-refractivity contribution in [2.24, 2.45) is 0 Å². The van der Waals surface area contributed by atoms with Crippen LogP contribution >= 0.6 is 11.3 Å². The van der Waals surface area contributed by atoms with Gasteiger partial charge in [0, 0.05) is 99.8 Å². The lowest BCUT2D eigenvalue weighted by atomic mass is 9.95. The van der Waals surface area contributed by atoms with Crippen molar-refractivity contribution in [2.45, 2.75) is 0 Å². The number of aromatic nitrogens is 9.